The summed E-state index contributed by atoms with van der Waals surface area (Å²) < 4.78 is 10.7. The van der Waals surface area contributed by atoms with E-state index < -0.39 is 0 Å². The van der Waals surface area contributed by atoms with Gasteiger partial charge < -0.3 is 9.47 Å². The van der Waals surface area contributed by atoms with E-state index in [1.54, 1.807) is 0 Å². The zero-order chi connectivity index (χ0) is 11.7. The van der Waals surface area contributed by atoms with E-state index >= 15 is 0 Å². The number of pyridine rings is 1. The Kier molecular flexibility index (Phi) is 2.97. The van der Waals surface area contributed by atoms with E-state index in [9.17, 15) is 0 Å². The van der Waals surface area contributed by atoms with E-state index in [2.05, 4.69) is 4.98 Å². The number of ether oxygens (including phenoxy) is 2. The maximum atomic E-state index is 6.13. The number of rotatable bonds is 3. The fourth-order valence-electron chi connectivity index (χ4n) is 1.76. The van der Waals surface area contributed by atoms with Gasteiger partial charge >= 0.3 is 0 Å². The molecular formula is C13H12ClNO2. The first-order valence-corrected chi connectivity index (χ1v) is 5.94. The van der Waals surface area contributed by atoms with Crippen LogP contribution in [0.25, 0.3) is 10.9 Å². The summed E-state index contributed by atoms with van der Waals surface area (Å²) in [5.74, 6) is 0. The lowest BCUT2D eigenvalue weighted by atomic mass is 10.1. The topological polar surface area (TPSA) is 31.4 Å². The third kappa shape index (κ3) is 2.27. The monoisotopic (exact) mass is 249 g/mol. The summed E-state index contributed by atoms with van der Waals surface area (Å²) in [5.41, 5.74) is 1.84. The number of halogens is 1. The van der Waals surface area contributed by atoms with Gasteiger partial charge in [-0.25, -0.2) is 4.98 Å². The molecule has 1 aliphatic heterocycles. The molecule has 0 spiro atoms. The van der Waals surface area contributed by atoms with Gasteiger partial charge in [0.1, 0.15) is 11.3 Å². The summed E-state index contributed by atoms with van der Waals surface area (Å²) in [5, 5.41) is 1.60. The lowest BCUT2D eigenvalue weighted by Crippen LogP contribution is -2.35. The van der Waals surface area contributed by atoms with Crippen LogP contribution in [-0.4, -0.2) is 24.3 Å². The molecule has 0 bridgehead atoms. The molecule has 3 rings (SSSR count). The van der Waals surface area contributed by atoms with Crippen LogP contribution in [0.15, 0.2) is 30.3 Å². The fourth-order valence-corrected chi connectivity index (χ4v) is 1.96. The van der Waals surface area contributed by atoms with Gasteiger partial charge in [-0.05, 0) is 12.1 Å². The Morgan fingerprint density at radius 1 is 1.35 bits per heavy atom. The highest BCUT2D eigenvalue weighted by atomic mass is 35.5. The number of hydrogen-bond donors (Lipinski definition) is 0. The van der Waals surface area contributed by atoms with Gasteiger partial charge in [-0.2, -0.15) is 0 Å². The molecule has 17 heavy (non-hydrogen) atoms. The maximum absolute atomic E-state index is 6.13. The molecule has 4 heteroatoms. The highest BCUT2D eigenvalue weighted by Gasteiger charge is 2.19. The summed E-state index contributed by atoms with van der Waals surface area (Å²) in [6, 6.07) is 9.94. The van der Waals surface area contributed by atoms with Crippen LogP contribution in [-0.2, 0) is 16.1 Å². The van der Waals surface area contributed by atoms with E-state index in [1.807, 2.05) is 30.3 Å². The minimum Gasteiger partial charge on any atom is -0.376 e. The second-order valence-electron chi connectivity index (χ2n) is 4.10. The Bertz CT molecular complexity index is 540. The van der Waals surface area contributed by atoms with Crippen molar-refractivity contribution >= 4 is 22.5 Å². The zero-order valence-corrected chi connectivity index (χ0v) is 9.98. The molecule has 0 radical (unpaired) electrons. The van der Waals surface area contributed by atoms with E-state index in [0.29, 0.717) is 25.0 Å². The van der Waals surface area contributed by atoms with Gasteiger partial charge in [0.15, 0.2) is 0 Å². The third-order valence-electron chi connectivity index (χ3n) is 2.83. The van der Waals surface area contributed by atoms with Crippen molar-refractivity contribution in [3.05, 3.63) is 41.0 Å². The molecule has 3 nitrogen and oxygen atoms in total. The molecule has 0 aliphatic carbocycles. The van der Waals surface area contributed by atoms with Crippen molar-refractivity contribution in [3.8, 4) is 0 Å². The molecule has 0 N–H and O–H groups in total. The lowest BCUT2D eigenvalue weighted by molar-refractivity contribution is -0.135. The number of hydrogen-bond acceptors (Lipinski definition) is 3. The van der Waals surface area contributed by atoms with E-state index in [-0.39, 0.29) is 6.10 Å². The van der Waals surface area contributed by atoms with Crippen molar-refractivity contribution in [1.82, 2.24) is 4.98 Å². The number of fused-ring (bicyclic) bond motifs is 1. The summed E-state index contributed by atoms with van der Waals surface area (Å²) in [7, 11) is 0. The van der Waals surface area contributed by atoms with Crippen molar-refractivity contribution in [2.75, 3.05) is 13.2 Å². The third-order valence-corrected chi connectivity index (χ3v) is 3.16. The van der Waals surface area contributed by atoms with E-state index in [4.69, 9.17) is 21.1 Å². The average Bonchev–Trinajstić information content (AvgIpc) is 2.27. The SMILES string of the molecule is Clc1nc2ccccc2cc1COC1COC1. The highest BCUT2D eigenvalue weighted by Crippen LogP contribution is 2.22. The molecule has 1 aliphatic rings. The molecule has 1 aromatic heterocycles. The smallest absolute Gasteiger partial charge is 0.135 e. The first kappa shape index (κ1) is 11.0. The molecule has 1 saturated heterocycles. The largest absolute Gasteiger partial charge is 0.376 e. The fraction of sp³-hybridized carbons (Fsp3) is 0.308. The van der Waals surface area contributed by atoms with Crippen LogP contribution in [0.5, 0.6) is 0 Å². The second-order valence-corrected chi connectivity index (χ2v) is 4.46. The molecule has 2 aromatic rings. The van der Waals surface area contributed by atoms with Gasteiger partial charge in [0.25, 0.3) is 0 Å². The minimum absolute atomic E-state index is 0.206. The van der Waals surface area contributed by atoms with Crippen LogP contribution in [0.4, 0.5) is 0 Å². The summed E-state index contributed by atoms with van der Waals surface area (Å²) in [4.78, 5) is 4.35. The van der Waals surface area contributed by atoms with E-state index in [0.717, 1.165) is 16.5 Å². The van der Waals surface area contributed by atoms with Crippen molar-refractivity contribution in [1.29, 1.82) is 0 Å². The van der Waals surface area contributed by atoms with Crippen LogP contribution in [0, 0.1) is 0 Å². The quantitative estimate of drug-likeness (QED) is 0.784. The normalized spacial score (nSPS) is 16.1. The van der Waals surface area contributed by atoms with Gasteiger partial charge in [-0.3, -0.25) is 0 Å². The van der Waals surface area contributed by atoms with Crippen LogP contribution in [0.3, 0.4) is 0 Å². The van der Waals surface area contributed by atoms with Crippen molar-refractivity contribution < 1.29 is 9.47 Å². The predicted octanol–water partition coefficient (Wildman–Crippen LogP) is 2.80. The average molecular weight is 250 g/mol. The first-order chi connectivity index (χ1) is 8.33. The Balaban J connectivity index is 1.84. The number of benzene rings is 1. The summed E-state index contributed by atoms with van der Waals surface area (Å²) >= 11 is 6.13. The number of nitrogens with zero attached hydrogens (tertiary/aromatic N) is 1. The Hall–Kier alpha value is -1.16. The standard InChI is InChI=1S/C13H12ClNO2/c14-13-10(6-17-11-7-16-8-11)5-9-3-1-2-4-12(9)15-13/h1-5,11H,6-8H2. The summed E-state index contributed by atoms with van der Waals surface area (Å²) in [6.07, 6.45) is 0.206. The van der Waals surface area contributed by atoms with Crippen LogP contribution in [0.1, 0.15) is 5.56 Å². The minimum atomic E-state index is 0.206. The lowest BCUT2D eigenvalue weighted by Gasteiger charge is -2.26. The molecule has 0 atom stereocenters. The molecule has 0 unspecified atom stereocenters. The van der Waals surface area contributed by atoms with Gasteiger partial charge in [0.2, 0.25) is 0 Å². The molecule has 1 fully saturated rings. The maximum Gasteiger partial charge on any atom is 0.135 e. The molecule has 0 amide bonds. The van der Waals surface area contributed by atoms with Crippen LogP contribution < -0.4 is 0 Å². The van der Waals surface area contributed by atoms with Crippen molar-refractivity contribution in [2.45, 2.75) is 12.7 Å². The molecular weight excluding hydrogens is 238 g/mol. The molecule has 88 valence electrons. The number of para-hydroxylation sites is 1. The zero-order valence-electron chi connectivity index (χ0n) is 9.23. The van der Waals surface area contributed by atoms with Gasteiger partial charge in [0, 0.05) is 10.9 Å². The van der Waals surface area contributed by atoms with Crippen molar-refractivity contribution in [2.24, 2.45) is 0 Å². The van der Waals surface area contributed by atoms with Crippen molar-refractivity contribution in [3.63, 3.8) is 0 Å². The molecule has 1 aromatic carbocycles. The molecule has 0 saturated carbocycles. The van der Waals surface area contributed by atoms with Crippen LogP contribution in [0.2, 0.25) is 5.15 Å². The second kappa shape index (κ2) is 4.61. The predicted molar refractivity (Wildman–Crippen MR) is 66.1 cm³/mol. The van der Waals surface area contributed by atoms with Crippen LogP contribution >= 0.6 is 11.6 Å². The van der Waals surface area contributed by atoms with Gasteiger partial charge in [0.05, 0.1) is 25.3 Å². The first-order valence-electron chi connectivity index (χ1n) is 5.56. The summed E-state index contributed by atoms with van der Waals surface area (Å²) in [6.45, 7) is 1.85. The van der Waals surface area contributed by atoms with Gasteiger partial charge in [-0.1, -0.05) is 29.8 Å². The Morgan fingerprint density at radius 2 is 2.18 bits per heavy atom. The Morgan fingerprint density at radius 3 is 2.94 bits per heavy atom. The van der Waals surface area contributed by atoms with E-state index in [1.165, 1.54) is 0 Å². The number of aromatic nitrogens is 1. The Labute approximate surface area is 104 Å². The van der Waals surface area contributed by atoms with Gasteiger partial charge in [-0.15, -0.1) is 0 Å². The highest BCUT2D eigenvalue weighted by molar-refractivity contribution is 6.30. The molecule has 2 heterocycles.